The fourth-order valence-electron chi connectivity index (χ4n) is 6.55. The Balaban J connectivity index is 1.73. The van der Waals surface area contributed by atoms with Gasteiger partial charge in [-0.3, -0.25) is 0 Å². The third-order valence-electron chi connectivity index (χ3n) is 8.43. The molecular formula is C25H42O2. The first-order valence-electron chi connectivity index (χ1n) is 11.6. The maximum Gasteiger partial charge on any atom is 0.0627 e. The summed E-state index contributed by atoms with van der Waals surface area (Å²) in [5.74, 6) is 2.47. The van der Waals surface area contributed by atoms with Gasteiger partial charge < -0.3 is 10.2 Å². The first-order chi connectivity index (χ1) is 12.9. The normalized spacial score (nSPS) is 42.2. The fraction of sp³-hybridized carbons (Fsp3) is 0.840. The van der Waals surface area contributed by atoms with E-state index < -0.39 is 12.2 Å². The van der Waals surface area contributed by atoms with Crippen molar-refractivity contribution in [1.29, 1.82) is 0 Å². The highest BCUT2D eigenvalue weighted by Gasteiger charge is 2.50. The van der Waals surface area contributed by atoms with Gasteiger partial charge in [0, 0.05) is 5.92 Å². The van der Waals surface area contributed by atoms with Crippen LogP contribution >= 0.6 is 0 Å². The summed E-state index contributed by atoms with van der Waals surface area (Å²) in [6, 6.07) is 0. The van der Waals surface area contributed by atoms with Gasteiger partial charge in [0.05, 0.1) is 12.2 Å². The molecule has 0 bridgehead atoms. The number of fused-ring (bicyclic) bond motifs is 1. The van der Waals surface area contributed by atoms with Crippen molar-refractivity contribution < 1.29 is 10.2 Å². The molecule has 3 fully saturated rings. The first-order valence-corrected chi connectivity index (χ1v) is 11.6. The largest absolute Gasteiger partial charge is 0.392 e. The van der Waals surface area contributed by atoms with Crippen LogP contribution in [0.25, 0.3) is 0 Å². The van der Waals surface area contributed by atoms with E-state index >= 15 is 0 Å². The molecule has 3 saturated carbocycles. The van der Waals surface area contributed by atoms with Crippen molar-refractivity contribution in [1.82, 2.24) is 0 Å². The molecule has 3 rings (SSSR count). The van der Waals surface area contributed by atoms with Crippen LogP contribution in [0.3, 0.4) is 0 Å². The zero-order chi connectivity index (χ0) is 19.6. The van der Waals surface area contributed by atoms with Gasteiger partial charge in [-0.05, 0) is 68.1 Å². The Kier molecular flexibility index (Phi) is 6.90. The summed E-state index contributed by atoms with van der Waals surface area (Å²) in [4.78, 5) is 0. The number of aliphatic hydroxyl groups excluding tert-OH is 2. The molecule has 2 nitrogen and oxygen atoms in total. The summed E-state index contributed by atoms with van der Waals surface area (Å²) in [5.41, 5.74) is 3.35. The minimum Gasteiger partial charge on any atom is -0.392 e. The highest BCUT2D eigenvalue weighted by Crippen LogP contribution is 2.59. The van der Waals surface area contributed by atoms with E-state index in [2.05, 4.69) is 32.9 Å². The molecule has 0 aromatic rings. The topological polar surface area (TPSA) is 40.5 Å². The van der Waals surface area contributed by atoms with Gasteiger partial charge in [0.15, 0.2) is 0 Å². The molecule has 154 valence electrons. The summed E-state index contributed by atoms with van der Waals surface area (Å²) in [5, 5.41) is 20.4. The highest BCUT2D eigenvalue weighted by molar-refractivity contribution is 5.26. The molecule has 2 N–H and O–H groups in total. The van der Waals surface area contributed by atoms with E-state index in [1.165, 1.54) is 56.9 Å². The van der Waals surface area contributed by atoms with E-state index in [4.69, 9.17) is 0 Å². The lowest BCUT2D eigenvalue weighted by Crippen LogP contribution is -2.36. The summed E-state index contributed by atoms with van der Waals surface area (Å²) in [6.07, 6.45) is 16.0. The minimum absolute atomic E-state index is 0.00651. The Labute approximate surface area is 167 Å². The van der Waals surface area contributed by atoms with Crippen LogP contribution in [0.15, 0.2) is 23.3 Å². The van der Waals surface area contributed by atoms with E-state index in [0.717, 1.165) is 30.6 Å². The molecule has 3 aliphatic carbocycles. The van der Waals surface area contributed by atoms with Crippen molar-refractivity contribution in [2.45, 2.75) is 104 Å². The zero-order valence-electron chi connectivity index (χ0n) is 18.1. The Bertz CT molecular complexity index is 549. The van der Waals surface area contributed by atoms with Crippen molar-refractivity contribution in [3.63, 3.8) is 0 Å². The Hall–Kier alpha value is -0.600. The third kappa shape index (κ3) is 4.37. The van der Waals surface area contributed by atoms with Gasteiger partial charge in [0.1, 0.15) is 0 Å². The monoisotopic (exact) mass is 374 g/mol. The molecule has 0 saturated heterocycles. The summed E-state index contributed by atoms with van der Waals surface area (Å²) >= 11 is 0. The first kappa shape index (κ1) is 21.1. The molecule has 0 heterocycles. The van der Waals surface area contributed by atoms with Crippen LogP contribution in [-0.2, 0) is 0 Å². The van der Waals surface area contributed by atoms with Crippen molar-refractivity contribution >= 4 is 0 Å². The third-order valence-corrected chi connectivity index (χ3v) is 8.43. The second-order valence-corrected chi connectivity index (χ2v) is 10.2. The Morgan fingerprint density at radius 2 is 1.85 bits per heavy atom. The molecule has 2 heteroatoms. The van der Waals surface area contributed by atoms with Crippen LogP contribution in [-0.4, -0.2) is 22.4 Å². The summed E-state index contributed by atoms with van der Waals surface area (Å²) in [6.45, 7) is 9.34. The summed E-state index contributed by atoms with van der Waals surface area (Å²) < 4.78 is 0. The average molecular weight is 375 g/mol. The molecule has 27 heavy (non-hydrogen) atoms. The summed E-state index contributed by atoms with van der Waals surface area (Å²) in [7, 11) is 0. The van der Waals surface area contributed by atoms with E-state index in [9.17, 15) is 10.2 Å². The number of hydrogen-bond acceptors (Lipinski definition) is 2. The molecule has 0 aromatic carbocycles. The van der Waals surface area contributed by atoms with Crippen molar-refractivity contribution in [2.24, 2.45) is 29.1 Å². The zero-order valence-corrected chi connectivity index (χ0v) is 18.1. The molecule has 6 atom stereocenters. The minimum atomic E-state index is -0.398. The number of unbranched alkanes of at least 4 members (excludes halogenated alkanes) is 1. The van der Waals surface area contributed by atoms with Crippen LogP contribution in [0.2, 0.25) is 0 Å². The lowest BCUT2D eigenvalue weighted by Gasteiger charge is -2.44. The van der Waals surface area contributed by atoms with Gasteiger partial charge in [-0.25, -0.2) is 0 Å². The van der Waals surface area contributed by atoms with Gasteiger partial charge in [-0.1, -0.05) is 70.3 Å². The number of allylic oxidation sites excluding steroid dienone is 3. The smallest absolute Gasteiger partial charge is 0.0627 e. The number of aliphatic hydroxyl groups is 2. The van der Waals surface area contributed by atoms with Gasteiger partial charge in [-0.2, -0.15) is 0 Å². The van der Waals surface area contributed by atoms with Gasteiger partial charge in [0.2, 0.25) is 0 Å². The quantitative estimate of drug-likeness (QED) is 0.616. The molecule has 0 aliphatic heterocycles. The number of rotatable bonds is 5. The Morgan fingerprint density at radius 3 is 2.52 bits per heavy atom. The molecule has 3 aliphatic rings. The second-order valence-electron chi connectivity index (χ2n) is 10.2. The molecule has 0 spiro atoms. The van der Waals surface area contributed by atoms with E-state index in [0.29, 0.717) is 5.41 Å². The second kappa shape index (κ2) is 8.82. The van der Waals surface area contributed by atoms with Gasteiger partial charge >= 0.3 is 0 Å². The van der Waals surface area contributed by atoms with E-state index in [1.807, 2.05) is 6.92 Å². The van der Waals surface area contributed by atoms with Crippen molar-refractivity contribution in [2.75, 3.05) is 0 Å². The molecular weight excluding hydrogens is 332 g/mol. The maximum atomic E-state index is 10.2. The van der Waals surface area contributed by atoms with E-state index in [-0.39, 0.29) is 5.92 Å². The standard InChI is InChI=1S/C25H42O2/c1-5-6-8-17(2)21-12-13-22-20(9-7-14-25(21,22)4)11-10-19-15-23(26)18(3)24(27)16-19/h10-11,17-18,21-24,26-27H,5-9,12-16H2,1-4H3/b19-10?,20-11+/t17-,18?,21-,22+,23-,24-,25-/m1/s1. The van der Waals surface area contributed by atoms with Crippen molar-refractivity contribution in [3.05, 3.63) is 23.3 Å². The molecule has 0 unspecified atom stereocenters. The predicted molar refractivity (Wildman–Crippen MR) is 113 cm³/mol. The predicted octanol–water partition coefficient (Wildman–Crippen LogP) is 6.03. The fourth-order valence-corrected chi connectivity index (χ4v) is 6.55. The van der Waals surface area contributed by atoms with Crippen LogP contribution in [0.5, 0.6) is 0 Å². The maximum absolute atomic E-state index is 10.2. The van der Waals surface area contributed by atoms with Crippen LogP contribution in [0, 0.1) is 29.1 Å². The van der Waals surface area contributed by atoms with E-state index in [1.54, 1.807) is 5.57 Å². The van der Waals surface area contributed by atoms with Gasteiger partial charge in [-0.15, -0.1) is 0 Å². The average Bonchev–Trinajstić information content (AvgIpc) is 2.99. The molecule has 0 amide bonds. The molecule has 0 radical (unpaired) electrons. The lowest BCUT2D eigenvalue weighted by atomic mass is 9.60. The van der Waals surface area contributed by atoms with Crippen LogP contribution in [0.1, 0.15) is 91.9 Å². The lowest BCUT2D eigenvalue weighted by molar-refractivity contribution is 0.00407. The van der Waals surface area contributed by atoms with Crippen molar-refractivity contribution in [3.8, 4) is 0 Å². The van der Waals surface area contributed by atoms with Gasteiger partial charge in [0.25, 0.3) is 0 Å². The van der Waals surface area contributed by atoms with Crippen LogP contribution < -0.4 is 0 Å². The highest BCUT2D eigenvalue weighted by atomic mass is 16.3. The number of hydrogen-bond donors (Lipinski definition) is 2. The SMILES string of the molecule is CCCC[C@@H](C)[C@H]1CC[C@H]2/C(=C/C=C3C[C@@H](O)C(C)[C@H](O)C3)CCC[C@]12C. The van der Waals surface area contributed by atoms with Crippen LogP contribution in [0.4, 0.5) is 0 Å². The molecule has 0 aromatic heterocycles. The Morgan fingerprint density at radius 1 is 1.15 bits per heavy atom.